The molecule has 0 radical (unpaired) electrons. The van der Waals surface area contributed by atoms with Gasteiger partial charge in [-0.05, 0) is 57.2 Å². The smallest absolute Gasteiger partial charge is 0.247 e. The molecule has 0 unspecified atom stereocenters. The average molecular weight is 647 g/mol. The van der Waals surface area contributed by atoms with Crippen molar-refractivity contribution in [3.05, 3.63) is 76.9 Å². The Bertz CT molecular complexity index is 1430. The zero-order chi connectivity index (χ0) is 31.4. The molecule has 0 saturated heterocycles. The molecule has 9 nitrogen and oxygen atoms in total. The standard InChI is InChI=1S/C33H46N4O5S.ClH/c1-6-37(30(38)28(35-31(39)32(3,4)34)23-42-22-25-13-9-7-10-14-25)21-27-29(26-17-15-24(2)16-18-26)43(40,41)36(5)33(27)19-11-8-12-20-33;/h7,9-10,13-18,28H,6,8,11-12,19-23,34H2,1-5H3,(H,35,39);1H/t28-;/m1./s1. The molecule has 44 heavy (non-hydrogen) atoms. The fraction of sp³-hybridized carbons (Fsp3) is 0.515. The predicted molar refractivity (Wildman–Crippen MR) is 176 cm³/mol. The third kappa shape index (κ3) is 7.54. The number of carbonyl (C=O) groups excluding carboxylic acids is 2. The summed E-state index contributed by atoms with van der Waals surface area (Å²) in [6.07, 6.45) is 4.24. The van der Waals surface area contributed by atoms with E-state index < -0.39 is 33.1 Å². The summed E-state index contributed by atoms with van der Waals surface area (Å²) in [4.78, 5) is 29.0. The zero-order valence-corrected chi connectivity index (χ0v) is 28.1. The van der Waals surface area contributed by atoms with E-state index in [4.69, 9.17) is 10.5 Å². The molecule has 1 aliphatic carbocycles. The van der Waals surface area contributed by atoms with Crippen LogP contribution >= 0.6 is 12.4 Å². The number of hydrogen-bond acceptors (Lipinski definition) is 6. The van der Waals surface area contributed by atoms with Crippen molar-refractivity contribution in [2.45, 2.75) is 83.5 Å². The largest absolute Gasteiger partial charge is 0.374 e. The van der Waals surface area contributed by atoms with Crippen molar-refractivity contribution in [3.8, 4) is 0 Å². The van der Waals surface area contributed by atoms with Crippen LogP contribution in [0, 0.1) is 6.92 Å². The Morgan fingerprint density at radius 3 is 2.25 bits per heavy atom. The van der Waals surface area contributed by atoms with Crippen molar-refractivity contribution in [3.63, 3.8) is 0 Å². The molecule has 3 N–H and O–H groups in total. The lowest BCUT2D eigenvalue weighted by Crippen LogP contribution is -2.58. The molecule has 1 spiro atoms. The maximum absolute atomic E-state index is 14.2. The lowest BCUT2D eigenvalue weighted by Gasteiger charge is -2.42. The van der Waals surface area contributed by atoms with Crippen molar-refractivity contribution >= 4 is 39.1 Å². The molecule has 1 aliphatic heterocycles. The summed E-state index contributed by atoms with van der Waals surface area (Å²) in [6, 6.07) is 16.1. The first-order valence-electron chi connectivity index (χ1n) is 15.1. The highest BCUT2D eigenvalue weighted by molar-refractivity contribution is 7.98. The second kappa shape index (κ2) is 14.6. The number of rotatable bonds is 11. The van der Waals surface area contributed by atoms with Crippen LogP contribution in [-0.4, -0.2) is 73.3 Å². The molecule has 2 aliphatic rings. The Hall–Kier alpha value is -2.76. The Morgan fingerprint density at radius 1 is 1.07 bits per heavy atom. The molecule has 1 saturated carbocycles. The predicted octanol–water partition coefficient (Wildman–Crippen LogP) is 4.39. The number of ether oxygens (including phenoxy) is 1. The van der Waals surface area contributed by atoms with Gasteiger partial charge in [0, 0.05) is 20.1 Å². The van der Waals surface area contributed by atoms with Crippen LogP contribution in [0.25, 0.3) is 4.91 Å². The van der Waals surface area contributed by atoms with Crippen molar-refractivity contribution in [1.29, 1.82) is 0 Å². The molecule has 1 atom stereocenters. The Balaban J connectivity index is 0.00000529. The number of benzene rings is 2. The fourth-order valence-electron chi connectivity index (χ4n) is 6.07. The molecular weight excluding hydrogens is 600 g/mol. The zero-order valence-electron chi connectivity index (χ0n) is 26.5. The van der Waals surface area contributed by atoms with E-state index in [-0.39, 0.29) is 43.0 Å². The maximum atomic E-state index is 14.2. The molecule has 2 aromatic carbocycles. The third-order valence-electron chi connectivity index (χ3n) is 8.68. The van der Waals surface area contributed by atoms with Gasteiger partial charge in [0.2, 0.25) is 21.8 Å². The molecule has 0 aromatic heterocycles. The first kappa shape index (κ1) is 35.7. The van der Waals surface area contributed by atoms with E-state index >= 15 is 0 Å². The number of amides is 2. The number of likely N-dealkylation sites (N-methyl/N-ethyl adjacent to an activating group) is 2. The van der Waals surface area contributed by atoms with Crippen LogP contribution in [-0.2, 0) is 31.0 Å². The molecule has 2 amide bonds. The van der Waals surface area contributed by atoms with Gasteiger partial charge in [0.25, 0.3) is 0 Å². The summed E-state index contributed by atoms with van der Waals surface area (Å²) in [5.74, 6) is -0.821. The van der Waals surface area contributed by atoms with Crippen LogP contribution in [0.1, 0.15) is 69.6 Å². The van der Waals surface area contributed by atoms with Crippen LogP contribution in [0.4, 0.5) is 0 Å². The minimum absolute atomic E-state index is 0. The van der Waals surface area contributed by atoms with Crippen LogP contribution in [0.3, 0.4) is 0 Å². The van der Waals surface area contributed by atoms with Gasteiger partial charge in [-0.1, -0.05) is 79.4 Å². The second-order valence-corrected chi connectivity index (χ2v) is 14.2. The van der Waals surface area contributed by atoms with Crippen molar-refractivity contribution in [2.75, 3.05) is 26.7 Å². The van der Waals surface area contributed by atoms with E-state index in [0.717, 1.165) is 36.0 Å². The molecule has 2 aromatic rings. The summed E-state index contributed by atoms with van der Waals surface area (Å²) in [6.45, 7) is 7.65. The summed E-state index contributed by atoms with van der Waals surface area (Å²) < 4.78 is 35.5. The van der Waals surface area contributed by atoms with Gasteiger partial charge >= 0.3 is 0 Å². The van der Waals surface area contributed by atoms with Crippen LogP contribution in [0.2, 0.25) is 0 Å². The van der Waals surface area contributed by atoms with Crippen LogP contribution in [0.5, 0.6) is 0 Å². The Labute approximate surface area is 268 Å². The molecule has 242 valence electrons. The van der Waals surface area contributed by atoms with Gasteiger partial charge in [-0.15, -0.1) is 12.4 Å². The number of carbonyl (C=O) groups is 2. The van der Waals surface area contributed by atoms with E-state index in [1.807, 2.05) is 68.4 Å². The minimum atomic E-state index is -3.81. The number of aryl methyl sites for hydroxylation is 1. The quantitative estimate of drug-likeness (QED) is 0.373. The van der Waals surface area contributed by atoms with Gasteiger partial charge in [-0.25, -0.2) is 8.42 Å². The number of sulfonamides is 1. The minimum Gasteiger partial charge on any atom is -0.374 e. The number of nitrogens with one attached hydrogen (secondary N) is 1. The number of nitrogens with two attached hydrogens (primary N) is 1. The van der Waals surface area contributed by atoms with Gasteiger partial charge in [-0.3, -0.25) is 9.59 Å². The van der Waals surface area contributed by atoms with Gasteiger partial charge in [0.1, 0.15) is 6.04 Å². The summed E-state index contributed by atoms with van der Waals surface area (Å²) in [5, 5.41) is 2.80. The van der Waals surface area contributed by atoms with Crippen molar-refractivity contribution < 1.29 is 22.7 Å². The average Bonchev–Trinajstić information content (AvgIpc) is 3.13. The second-order valence-electron chi connectivity index (χ2n) is 12.3. The highest BCUT2D eigenvalue weighted by Gasteiger charge is 2.54. The number of hydrogen-bond donors (Lipinski definition) is 2. The van der Waals surface area contributed by atoms with Gasteiger partial charge in [-0.2, -0.15) is 4.31 Å². The monoisotopic (exact) mass is 646 g/mol. The molecule has 4 rings (SSSR count). The van der Waals surface area contributed by atoms with Crippen molar-refractivity contribution in [2.24, 2.45) is 5.73 Å². The van der Waals surface area contributed by atoms with Gasteiger partial charge < -0.3 is 20.7 Å². The normalized spacial score (nSPS) is 18.5. The highest BCUT2D eigenvalue weighted by Crippen LogP contribution is 2.51. The van der Waals surface area contributed by atoms with E-state index in [2.05, 4.69) is 5.32 Å². The molecule has 1 fully saturated rings. The first-order chi connectivity index (χ1) is 20.3. The van der Waals surface area contributed by atoms with Crippen LogP contribution < -0.4 is 11.1 Å². The summed E-state index contributed by atoms with van der Waals surface area (Å²) in [7, 11) is -2.14. The van der Waals surface area contributed by atoms with E-state index in [9.17, 15) is 18.0 Å². The molecule has 11 heteroatoms. The van der Waals surface area contributed by atoms with Gasteiger partial charge in [0.05, 0.1) is 29.2 Å². The lowest BCUT2D eigenvalue weighted by molar-refractivity contribution is -0.139. The van der Waals surface area contributed by atoms with Crippen molar-refractivity contribution in [1.82, 2.24) is 14.5 Å². The highest BCUT2D eigenvalue weighted by atomic mass is 35.5. The number of halogens is 1. The van der Waals surface area contributed by atoms with Gasteiger partial charge in [0.15, 0.2) is 0 Å². The summed E-state index contributed by atoms with van der Waals surface area (Å²) >= 11 is 0. The molecule has 1 heterocycles. The van der Waals surface area contributed by atoms with E-state index in [0.29, 0.717) is 24.9 Å². The topological polar surface area (TPSA) is 122 Å². The van der Waals surface area contributed by atoms with E-state index in [1.165, 1.54) is 0 Å². The molecular formula is C33H47ClN4O5S. The maximum Gasteiger partial charge on any atom is 0.247 e. The van der Waals surface area contributed by atoms with E-state index in [1.54, 1.807) is 30.1 Å². The molecule has 0 bridgehead atoms. The SMILES string of the molecule is CCN(CC1=C(c2ccc(C)cc2)S(=O)(=O)N(C)C12CCCCC2)C(=O)[C@@H](COCc1ccccc1)NC(=O)C(C)(C)N.Cl. The Morgan fingerprint density at radius 2 is 1.68 bits per heavy atom. The summed E-state index contributed by atoms with van der Waals surface area (Å²) in [5.41, 5.74) is 7.49. The first-order valence-corrected chi connectivity index (χ1v) is 16.6. The third-order valence-corrected chi connectivity index (χ3v) is 10.7. The van der Waals surface area contributed by atoms with Crippen LogP contribution in [0.15, 0.2) is 60.2 Å². The fourth-order valence-corrected chi connectivity index (χ4v) is 8.10. The lowest BCUT2D eigenvalue weighted by atomic mass is 9.75. The Kier molecular flexibility index (Phi) is 11.8. The number of nitrogens with zero attached hydrogens (tertiary/aromatic N) is 2.